The van der Waals surface area contributed by atoms with Gasteiger partial charge in [0.15, 0.2) is 5.69 Å². The predicted molar refractivity (Wildman–Crippen MR) is 44.0 cm³/mol. The summed E-state index contributed by atoms with van der Waals surface area (Å²) in [6, 6.07) is 6.54. The fraction of sp³-hybridized carbons (Fsp3) is 0.111. The van der Waals surface area contributed by atoms with E-state index in [1.54, 1.807) is 24.3 Å². The molecular weight excluding hydrogens is 154 g/mol. The molecule has 0 aromatic heterocycles. The highest BCUT2D eigenvalue weighted by Gasteiger charge is 1.98. The summed E-state index contributed by atoms with van der Waals surface area (Å²) in [5.41, 5.74) is 1.25. The van der Waals surface area contributed by atoms with Crippen LogP contribution >= 0.6 is 0 Å². The van der Waals surface area contributed by atoms with Crippen LogP contribution in [-0.2, 0) is 11.2 Å². The van der Waals surface area contributed by atoms with E-state index >= 15 is 0 Å². The van der Waals surface area contributed by atoms with Crippen LogP contribution in [0.5, 0.6) is 0 Å². The van der Waals surface area contributed by atoms with Crippen molar-refractivity contribution in [2.75, 3.05) is 0 Å². The van der Waals surface area contributed by atoms with Gasteiger partial charge < -0.3 is 5.11 Å². The van der Waals surface area contributed by atoms with Crippen molar-refractivity contribution in [3.05, 3.63) is 41.2 Å². The Bertz CT molecular complexity index is 321. The number of rotatable bonds is 2. The summed E-state index contributed by atoms with van der Waals surface area (Å²) >= 11 is 0. The van der Waals surface area contributed by atoms with Gasteiger partial charge >= 0.3 is 5.97 Å². The fourth-order valence-corrected chi connectivity index (χ4v) is 0.863. The van der Waals surface area contributed by atoms with Gasteiger partial charge in [-0.1, -0.05) is 24.3 Å². The fourth-order valence-electron chi connectivity index (χ4n) is 0.863. The highest BCUT2D eigenvalue weighted by Crippen LogP contribution is 2.12. The zero-order valence-corrected chi connectivity index (χ0v) is 6.32. The molecule has 0 heterocycles. The molecule has 0 radical (unpaired) electrons. The summed E-state index contributed by atoms with van der Waals surface area (Å²) in [6.45, 7) is 6.66. The van der Waals surface area contributed by atoms with E-state index in [-0.39, 0.29) is 6.42 Å². The number of carboxylic acids is 1. The predicted octanol–water partition coefficient (Wildman–Crippen LogP) is 1.86. The largest absolute Gasteiger partial charge is 0.481 e. The van der Waals surface area contributed by atoms with Crippen molar-refractivity contribution in [3.63, 3.8) is 0 Å². The average Bonchev–Trinajstić information content (AvgIpc) is 2.05. The SMILES string of the molecule is [C-]#[N+]c1ccc(CC(=O)O)cc1. The van der Waals surface area contributed by atoms with Gasteiger partial charge in [0.05, 0.1) is 13.0 Å². The van der Waals surface area contributed by atoms with Crippen molar-refractivity contribution in [1.29, 1.82) is 0 Å². The van der Waals surface area contributed by atoms with Crippen molar-refractivity contribution >= 4 is 11.7 Å². The first-order valence-corrected chi connectivity index (χ1v) is 3.40. The molecule has 0 bridgehead atoms. The van der Waals surface area contributed by atoms with Crippen LogP contribution in [0.3, 0.4) is 0 Å². The number of hydrogen-bond acceptors (Lipinski definition) is 1. The lowest BCUT2D eigenvalue weighted by atomic mass is 10.1. The molecule has 0 aliphatic rings. The summed E-state index contributed by atoms with van der Waals surface area (Å²) in [5.74, 6) is -0.856. The highest BCUT2D eigenvalue weighted by molar-refractivity contribution is 5.70. The second kappa shape index (κ2) is 3.54. The van der Waals surface area contributed by atoms with Crippen LogP contribution in [0.15, 0.2) is 24.3 Å². The van der Waals surface area contributed by atoms with Gasteiger partial charge in [-0.05, 0) is 5.56 Å². The van der Waals surface area contributed by atoms with E-state index in [1.165, 1.54) is 0 Å². The molecule has 60 valence electrons. The van der Waals surface area contributed by atoms with Crippen LogP contribution in [0.25, 0.3) is 4.85 Å². The Kier molecular flexibility index (Phi) is 2.44. The van der Waals surface area contributed by atoms with Crippen LogP contribution < -0.4 is 0 Å². The Morgan fingerprint density at radius 2 is 2.00 bits per heavy atom. The molecule has 3 nitrogen and oxygen atoms in total. The molecule has 0 aliphatic heterocycles. The molecule has 0 aliphatic carbocycles. The average molecular weight is 161 g/mol. The normalized spacial score (nSPS) is 8.92. The van der Waals surface area contributed by atoms with Gasteiger partial charge in [-0.3, -0.25) is 4.79 Å². The van der Waals surface area contributed by atoms with Crippen molar-refractivity contribution < 1.29 is 9.90 Å². The smallest absolute Gasteiger partial charge is 0.307 e. The van der Waals surface area contributed by atoms with Gasteiger partial charge in [-0.15, -0.1) is 0 Å². The Balaban J connectivity index is 2.80. The maximum atomic E-state index is 10.3. The number of carbonyl (C=O) groups is 1. The van der Waals surface area contributed by atoms with Crippen molar-refractivity contribution in [3.8, 4) is 0 Å². The van der Waals surface area contributed by atoms with Crippen LogP contribution in [0.1, 0.15) is 5.56 Å². The molecular formula is C9H7NO2. The summed E-state index contributed by atoms with van der Waals surface area (Å²) in [7, 11) is 0. The van der Waals surface area contributed by atoms with Crippen LogP contribution in [-0.4, -0.2) is 11.1 Å². The van der Waals surface area contributed by atoms with E-state index < -0.39 is 5.97 Å². The van der Waals surface area contributed by atoms with Crippen LogP contribution in [0, 0.1) is 6.57 Å². The molecule has 1 N–H and O–H groups in total. The molecule has 0 fully saturated rings. The minimum absolute atomic E-state index is 0.0122. The second-order valence-electron chi connectivity index (χ2n) is 2.35. The van der Waals surface area contributed by atoms with E-state index in [9.17, 15) is 4.79 Å². The maximum Gasteiger partial charge on any atom is 0.307 e. The van der Waals surface area contributed by atoms with E-state index in [4.69, 9.17) is 11.7 Å². The summed E-state index contributed by atoms with van der Waals surface area (Å²) in [6.07, 6.45) is 0.0122. The Hall–Kier alpha value is -1.82. The summed E-state index contributed by atoms with van der Waals surface area (Å²) in [5, 5.41) is 8.43. The number of hydrogen-bond donors (Lipinski definition) is 1. The summed E-state index contributed by atoms with van der Waals surface area (Å²) < 4.78 is 0. The standard InChI is InChI=1S/C9H7NO2/c1-10-8-4-2-7(3-5-8)6-9(11)12/h2-5H,6H2,(H,11,12). The molecule has 0 atom stereocenters. The minimum atomic E-state index is -0.856. The van der Waals surface area contributed by atoms with Gasteiger partial charge in [0.25, 0.3) is 0 Å². The van der Waals surface area contributed by atoms with Crippen molar-refractivity contribution in [1.82, 2.24) is 0 Å². The lowest BCUT2D eigenvalue weighted by Crippen LogP contribution is -1.98. The quantitative estimate of drug-likeness (QED) is 0.672. The van der Waals surface area contributed by atoms with E-state index in [0.29, 0.717) is 5.69 Å². The Morgan fingerprint density at radius 1 is 1.42 bits per heavy atom. The third-order valence-corrected chi connectivity index (χ3v) is 1.42. The zero-order chi connectivity index (χ0) is 8.97. The van der Waals surface area contributed by atoms with E-state index in [1.807, 2.05) is 0 Å². The second-order valence-corrected chi connectivity index (χ2v) is 2.35. The number of benzene rings is 1. The first-order valence-electron chi connectivity index (χ1n) is 3.40. The molecule has 12 heavy (non-hydrogen) atoms. The van der Waals surface area contributed by atoms with Crippen LogP contribution in [0.4, 0.5) is 5.69 Å². The Morgan fingerprint density at radius 3 is 2.42 bits per heavy atom. The Labute approximate surface area is 70.1 Å². The first kappa shape index (κ1) is 8.28. The number of carboxylic acid groups (broad SMARTS) is 1. The molecule has 0 saturated heterocycles. The lowest BCUT2D eigenvalue weighted by molar-refractivity contribution is -0.136. The molecule has 3 heteroatoms. The third-order valence-electron chi connectivity index (χ3n) is 1.42. The van der Waals surface area contributed by atoms with Gasteiger partial charge in [0.2, 0.25) is 0 Å². The molecule has 0 amide bonds. The van der Waals surface area contributed by atoms with Crippen LogP contribution in [0.2, 0.25) is 0 Å². The molecule has 0 spiro atoms. The molecule has 0 unspecified atom stereocenters. The molecule has 1 rings (SSSR count). The van der Waals surface area contributed by atoms with Gasteiger partial charge in [-0.2, -0.15) is 0 Å². The highest BCUT2D eigenvalue weighted by atomic mass is 16.4. The maximum absolute atomic E-state index is 10.3. The topological polar surface area (TPSA) is 41.7 Å². The first-order chi connectivity index (χ1) is 5.72. The number of aliphatic carboxylic acids is 1. The molecule has 0 saturated carbocycles. The minimum Gasteiger partial charge on any atom is -0.481 e. The lowest BCUT2D eigenvalue weighted by Gasteiger charge is -1.95. The van der Waals surface area contributed by atoms with E-state index in [0.717, 1.165) is 5.56 Å². The molecule has 1 aromatic carbocycles. The third kappa shape index (κ3) is 2.10. The van der Waals surface area contributed by atoms with Gasteiger partial charge in [0.1, 0.15) is 0 Å². The zero-order valence-electron chi connectivity index (χ0n) is 6.32. The van der Waals surface area contributed by atoms with Gasteiger partial charge in [-0.25, -0.2) is 4.85 Å². The van der Waals surface area contributed by atoms with Gasteiger partial charge in [0, 0.05) is 0 Å². The number of nitrogens with zero attached hydrogens (tertiary/aromatic N) is 1. The molecule has 1 aromatic rings. The monoisotopic (exact) mass is 161 g/mol. The van der Waals surface area contributed by atoms with E-state index in [2.05, 4.69) is 4.85 Å². The van der Waals surface area contributed by atoms with Crippen molar-refractivity contribution in [2.24, 2.45) is 0 Å². The summed E-state index contributed by atoms with van der Waals surface area (Å²) in [4.78, 5) is 13.5. The van der Waals surface area contributed by atoms with Crippen molar-refractivity contribution in [2.45, 2.75) is 6.42 Å².